The number of piperidine rings is 1. The second-order valence-corrected chi connectivity index (χ2v) is 6.83. The molecule has 0 aliphatic carbocycles. The highest BCUT2D eigenvalue weighted by Crippen LogP contribution is 2.24. The zero-order chi connectivity index (χ0) is 18.7. The lowest BCUT2D eigenvalue weighted by atomic mass is 9.94. The van der Waals surface area contributed by atoms with Gasteiger partial charge in [0.25, 0.3) is 5.91 Å². The summed E-state index contributed by atoms with van der Waals surface area (Å²) in [7, 11) is 1.83. The average molecular weight is 354 g/mol. The van der Waals surface area contributed by atoms with E-state index in [-0.39, 0.29) is 17.7 Å². The molecule has 1 aromatic heterocycles. The average Bonchev–Trinajstić information content (AvgIpc) is 2.96. The molecule has 2 unspecified atom stereocenters. The topological polar surface area (TPSA) is 67.2 Å². The monoisotopic (exact) mass is 354 g/mol. The molecule has 0 spiro atoms. The van der Waals surface area contributed by atoms with Gasteiger partial charge in [-0.15, -0.1) is 0 Å². The molecule has 0 bridgehead atoms. The van der Waals surface area contributed by atoms with E-state index in [0.29, 0.717) is 19.4 Å². The molecule has 2 aromatic rings. The summed E-state index contributed by atoms with van der Waals surface area (Å²) in [5.41, 5.74) is 1.85. The second-order valence-electron chi connectivity index (χ2n) is 6.83. The Bertz CT molecular complexity index is 784. The summed E-state index contributed by atoms with van der Waals surface area (Å²) in [6.45, 7) is 4.55. The summed E-state index contributed by atoms with van der Waals surface area (Å²) in [5.74, 6) is 0.399. The van der Waals surface area contributed by atoms with Crippen LogP contribution in [0.3, 0.4) is 0 Å². The van der Waals surface area contributed by atoms with Crippen LogP contribution >= 0.6 is 0 Å². The predicted molar refractivity (Wildman–Crippen MR) is 101 cm³/mol. The van der Waals surface area contributed by atoms with Gasteiger partial charge in [-0.25, -0.2) is 0 Å². The number of aryl methyl sites for hydroxylation is 2. The van der Waals surface area contributed by atoms with Crippen LogP contribution in [0.25, 0.3) is 0 Å². The Morgan fingerprint density at radius 2 is 2.08 bits per heavy atom. The highest BCUT2D eigenvalue weighted by molar-refractivity contribution is 6.00. The molecule has 2 amide bonds. The van der Waals surface area contributed by atoms with Crippen LogP contribution in [-0.4, -0.2) is 34.2 Å². The molecular weight excluding hydrogens is 328 g/mol. The van der Waals surface area contributed by atoms with Gasteiger partial charge in [0.05, 0.1) is 11.6 Å². The van der Waals surface area contributed by atoms with Crippen molar-refractivity contribution in [1.82, 2.24) is 15.1 Å². The summed E-state index contributed by atoms with van der Waals surface area (Å²) >= 11 is 0. The minimum absolute atomic E-state index is 0.0597. The van der Waals surface area contributed by atoms with Gasteiger partial charge in [-0.2, -0.15) is 5.10 Å². The third-order valence-electron chi connectivity index (χ3n) is 4.94. The van der Waals surface area contributed by atoms with Crippen molar-refractivity contribution < 1.29 is 9.59 Å². The quantitative estimate of drug-likeness (QED) is 0.897. The maximum atomic E-state index is 12.9. The molecule has 6 nitrogen and oxygen atoms in total. The summed E-state index contributed by atoms with van der Waals surface area (Å²) < 4.78 is 1.72. The van der Waals surface area contributed by atoms with Gasteiger partial charge in [-0.1, -0.05) is 37.3 Å². The number of benzene rings is 1. The van der Waals surface area contributed by atoms with E-state index < -0.39 is 6.04 Å². The number of rotatable bonds is 5. The lowest BCUT2D eigenvalue weighted by molar-refractivity contribution is -0.129. The number of carbonyl (C=O) groups excluding carboxylic acids is 2. The van der Waals surface area contributed by atoms with Crippen LogP contribution in [0, 0.1) is 6.92 Å². The number of nitrogens with zero attached hydrogens (tertiary/aromatic N) is 3. The molecule has 2 atom stereocenters. The first-order chi connectivity index (χ1) is 12.5. The van der Waals surface area contributed by atoms with Crippen molar-refractivity contribution in [2.75, 3.05) is 11.4 Å². The fourth-order valence-corrected chi connectivity index (χ4v) is 3.62. The van der Waals surface area contributed by atoms with Crippen molar-refractivity contribution in [2.24, 2.45) is 7.05 Å². The molecular formula is C20H26N4O2. The van der Waals surface area contributed by atoms with Gasteiger partial charge in [0.2, 0.25) is 5.91 Å². The van der Waals surface area contributed by atoms with Crippen LogP contribution in [0.15, 0.2) is 36.4 Å². The van der Waals surface area contributed by atoms with Crippen LogP contribution in [0.5, 0.6) is 0 Å². The van der Waals surface area contributed by atoms with Crippen LogP contribution < -0.4 is 10.2 Å². The van der Waals surface area contributed by atoms with Crippen LogP contribution in [-0.2, 0) is 16.6 Å². The third-order valence-corrected chi connectivity index (χ3v) is 4.94. The van der Waals surface area contributed by atoms with Gasteiger partial charge in [-0.05, 0) is 31.7 Å². The van der Waals surface area contributed by atoms with Crippen molar-refractivity contribution in [2.45, 2.75) is 45.1 Å². The molecule has 2 heterocycles. The zero-order valence-corrected chi connectivity index (χ0v) is 15.6. The van der Waals surface area contributed by atoms with Gasteiger partial charge in [0, 0.05) is 19.7 Å². The van der Waals surface area contributed by atoms with Gasteiger partial charge >= 0.3 is 0 Å². The van der Waals surface area contributed by atoms with Crippen molar-refractivity contribution >= 4 is 17.6 Å². The maximum Gasteiger partial charge on any atom is 0.250 e. The molecule has 0 radical (unpaired) electrons. The molecule has 26 heavy (non-hydrogen) atoms. The Labute approximate surface area is 154 Å². The van der Waals surface area contributed by atoms with E-state index in [1.54, 1.807) is 9.58 Å². The lowest BCUT2D eigenvalue weighted by Gasteiger charge is -2.33. The van der Waals surface area contributed by atoms with Crippen LogP contribution in [0.2, 0.25) is 0 Å². The molecule has 1 aliphatic rings. The molecule has 1 aliphatic heterocycles. The summed E-state index contributed by atoms with van der Waals surface area (Å²) in [5, 5.41) is 7.31. The lowest BCUT2D eigenvalue weighted by Crippen LogP contribution is -2.53. The van der Waals surface area contributed by atoms with Crippen molar-refractivity contribution in [1.29, 1.82) is 0 Å². The maximum absolute atomic E-state index is 12.9. The van der Waals surface area contributed by atoms with E-state index in [2.05, 4.69) is 10.4 Å². The summed E-state index contributed by atoms with van der Waals surface area (Å²) in [4.78, 5) is 27.5. The highest BCUT2D eigenvalue weighted by atomic mass is 16.2. The van der Waals surface area contributed by atoms with Crippen molar-refractivity contribution in [3.05, 3.63) is 47.7 Å². The molecule has 6 heteroatoms. The number of amides is 2. The predicted octanol–water partition coefficient (Wildman–Crippen LogP) is 2.53. The largest absolute Gasteiger partial charge is 0.344 e. The normalized spacial score (nSPS) is 18.7. The molecule has 138 valence electrons. The number of hydrogen-bond donors (Lipinski definition) is 1. The summed E-state index contributed by atoms with van der Waals surface area (Å²) in [6.07, 6.45) is 2.22. The SMILES string of the molecule is CCC(C(=O)NC1CCCN(c2cc(C)nn2C)C1=O)c1ccccc1. The Kier molecular flexibility index (Phi) is 5.40. The molecule has 1 N–H and O–H groups in total. The van der Waals surface area contributed by atoms with Gasteiger partial charge in [0.15, 0.2) is 0 Å². The Balaban J connectivity index is 1.73. The molecule has 3 rings (SSSR count). The van der Waals surface area contributed by atoms with Crippen molar-refractivity contribution in [3.63, 3.8) is 0 Å². The standard InChI is InChI=1S/C20H26N4O2/c1-4-16(15-9-6-5-7-10-15)19(25)21-17-11-8-12-24(20(17)26)18-13-14(2)22-23(18)3/h5-7,9-10,13,16-17H,4,8,11-12H2,1-3H3,(H,21,25). The fraction of sp³-hybridized carbons (Fsp3) is 0.450. The summed E-state index contributed by atoms with van der Waals surface area (Å²) in [6, 6.07) is 11.1. The first-order valence-electron chi connectivity index (χ1n) is 9.18. The molecule has 1 aromatic carbocycles. The van der Waals surface area contributed by atoms with Gasteiger partial charge in [-0.3, -0.25) is 19.2 Å². The first-order valence-corrected chi connectivity index (χ1v) is 9.18. The van der Waals surface area contributed by atoms with E-state index in [4.69, 9.17) is 0 Å². The van der Waals surface area contributed by atoms with Crippen LogP contribution in [0.1, 0.15) is 43.4 Å². The fourth-order valence-electron chi connectivity index (χ4n) is 3.62. The Hall–Kier alpha value is -2.63. The van der Waals surface area contributed by atoms with E-state index in [1.165, 1.54) is 0 Å². The number of nitrogens with one attached hydrogen (secondary N) is 1. The Morgan fingerprint density at radius 3 is 2.69 bits per heavy atom. The van der Waals surface area contributed by atoms with E-state index in [9.17, 15) is 9.59 Å². The van der Waals surface area contributed by atoms with E-state index >= 15 is 0 Å². The smallest absolute Gasteiger partial charge is 0.250 e. The van der Waals surface area contributed by atoms with E-state index in [0.717, 1.165) is 23.5 Å². The number of anilines is 1. The van der Waals surface area contributed by atoms with Gasteiger partial charge < -0.3 is 5.32 Å². The van der Waals surface area contributed by atoms with E-state index in [1.807, 2.05) is 57.3 Å². The minimum Gasteiger partial charge on any atom is -0.344 e. The zero-order valence-electron chi connectivity index (χ0n) is 15.6. The third kappa shape index (κ3) is 3.64. The van der Waals surface area contributed by atoms with Crippen LogP contribution in [0.4, 0.5) is 5.82 Å². The minimum atomic E-state index is -0.482. The number of carbonyl (C=O) groups is 2. The van der Waals surface area contributed by atoms with Gasteiger partial charge in [0.1, 0.15) is 11.9 Å². The second kappa shape index (κ2) is 7.72. The molecule has 1 fully saturated rings. The van der Waals surface area contributed by atoms with Crippen molar-refractivity contribution in [3.8, 4) is 0 Å². The number of aromatic nitrogens is 2. The first kappa shape index (κ1) is 18.2. The Morgan fingerprint density at radius 1 is 1.35 bits per heavy atom. The molecule has 0 saturated carbocycles. The highest BCUT2D eigenvalue weighted by Gasteiger charge is 2.33. The molecule has 1 saturated heterocycles. The number of hydrogen-bond acceptors (Lipinski definition) is 3.